The molecule has 160 valence electrons. The van der Waals surface area contributed by atoms with E-state index in [1.165, 1.54) is 7.11 Å². The number of hydrogen-bond donors (Lipinski definition) is 3. The third kappa shape index (κ3) is 4.52. The molecule has 2 amide bonds. The maximum Gasteiger partial charge on any atom is 0.413 e. The molecule has 0 saturated heterocycles. The fourth-order valence-electron chi connectivity index (χ4n) is 3.16. The average Bonchev–Trinajstić information content (AvgIpc) is 3.19. The molecule has 0 atom stereocenters. The number of aromatic nitrogens is 2. The molecule has 1 heterocycles. The van der Waals surface area contributed by atoms with Gasteiger partial charge in [0.25, 0.3) is 5.91 Å². The Hall–Kier alpha value is -3.98. The molecule has 8 nitrogen and oxygen atoms in total. The van der Waals surface area contributed by atoms with E-state index in [0.29, 0.717) is 22.3 Å². The van der Waals surface area contributed by atoms with E-state index in [1.807, 2.05) is 6.07 Å². The van der Waals surface area contributed by atoms with Crippen LogP contribution in [0.15, 0.2) is 71.2 Å². The molecule has 0 aliphatic carbocycles. The first-order chi connectivity index (χ1) is 15.4. The van der Waals surface area contributed by atoms with E-state index in [9.17, 15) is 14.4 Å². The number of aromatic amines is 1. The highest BCUT2D eigenvalue weighted by molar-refractivity contribution is 9.10. The van der Waals surface area contributed by atoms with Crippen LogP contribution in [0, 0.1) is 0 Å². The van der Waals surface area contributed by atoms with E-state index >= 15 is 0 Å². The summed E-state index contributed by atoms with van der Waals surface area (Å²) in [6.45, 7) is 0. The van der Waals surface area contributed by atoms with Crippen molar-refractivity contribution in [1.82, 2.24) is 9.97 Å². The Labute approximate surface area is 191 Å². The van der Waals surface area contributed by atoms with Crippen molar-refractivity contribution in [3.8, 4) is 0 Å². The van der Waals surface area contributed by atoms with Crippen LogP contribution in [0.4, 0.5) is 16.4 Å². The van der Waals surface area contributed by atoms with Crippen LogP contribution >= 0.6 is 15.9 Å². The fraction of sp³-hybridized carbons (Fsp3) is 0.0435. The first-order valence-corrected chi connectivity index (χ1v) is 10.3. The number of H-pyrrole nitrogens is 1. The van der Waals surface area contributed by atoms with Gasteiger partial charge in [-0.1, -0.05) is 40.2 Å². The molecular formula is C23H17BrN4O4. The van der Waals surface area contributed by atoms with Gasteiger partial charge in [0, 0.05) is 21.3 Å². The number of fused-ring (bicyclic) bond motifs is 1. The number of ether oxygens (including phenoxy) is 1. The van der Waals surface area contributed by atoms with Crippen LogP contribution in [0.1, 0.15) is 26.3 Å². The van der Waals surface area contributed by atoms with E-state index in [4.69, 9.17) is 0 Å². The number of imidazole rings is 1. The number of anilines is 2. The molecule has 0 unspecified atom stereocenters. The van der Waals surface area contributed by atoms with E-state index < -0.39 is 6.09 Å². The zero-order valence-corrected chi connectivity index (χ0v) is 18.4. The second-order valence-corrected chi connectivity index (χ2v) is 7.69. The number of hydrogen-bond acceptors (Lipinski definition) is 5. The molecule has 0 aliphatic heterocycles. The summed E-state index contributed by atoms with van der Waals surface area (Å²) in [5.74, 6) is -0.506. The van der Waals surface area contributed by atoms with Crippen LogP contribution in [0.25, 0.3) is 11.0 Å². The van der Waals surface area contributed by atoms with Crippen LogP contribution in [0.3, 0.4) is 0 Å². The Morgan fingerprint density at radius 3 is 2.47 bits per heavy atom. The minimum Gasteiger partial charge on any atom is -0.453 e. The molecule has 4 rings (SSSR count). The number of nitrogens with zero attached hydrogens (tertiary/aromatic N) is 1. The molecule has 0 bridgehead atoms. The SMILES string of the molecule is COC(=O)Nc1nc2ccc(C(=O)c3ccccc3C(=O)Nc3cccc(Br)c3)cc2[nH]1. The molecule has 0 spiro atoms. The third-order valence-corrected chi connectivity index (χ3v) is 5.14. The van der Waals surface area contributed by atoms with Crippen LogP contribution in [0.5, 0.6) is 0 Å². The Kier molecular flexibility index (Phi) is 6.00. The summed E-state index contributed by atoms with van der Waals surface area (Å²) in [4.78, 5) is 44.7. The largest absolute Gasteiger partial charge is 0.453 e. The fourth-order valence-corrected chi connectivity index (χ4v) is 3.56. The Morgan fingerprint density at radius 1 is 0.938 bits per heavy atom. The van der Waals surface area contributed by atoms with Gasteiger partial charge in [-0.2, -0.15) is 0 Å². The smallest absolute Gasteiger partial charge is 0.413 e. The summed E-state index contributed by atoms with van der Waals surface area (Å²) in [7, 11) is 1.25. The third-order valence-electron chi connectivity index (χ3n) is 4.65. The van der Waals surface area contributed by atoms with Gasteiger partial charge in [0.15, 0.2) is 5.78 Å². The van der Waals surface area contributed by atoms with Gasteiger partial charge in [0.1, 0.15) is 0 Å². The van der Waals surface area contributed by atoms with Gasteiger partial charge >= 0.3 is 6.09 Å². The first kappa shape index (κ1) is 21.3. The van der Waals surface area contributed by atoms with E-state index in [2.05, 4.69) is 41.3 Å². The van der Waals surface area contributed by atoms with Crippen molar-refractivity contribution in [2.75, 3.05) is 17.7 Å². The summed E-state index contributed by atoms with van der Waals surface area (Å²) >= 11 is 3.37. The Bertz CT molecular complexity index is 1350. The zero-order valence-electron chi connectivity index (χ0n) is 16.8. The number of ketones is 1. The average molecular weight is 493 g/mol. The molecule has 0 radical (unpaired) electrons. The van der Waals surface area contributed by atoms with Crippen molar-refractivity contribution in [1.29, 1.82) is 0 Å². The second-order valence-electron chi connectivity index (χ2n) is 6.77. The highest BCUT2D eigenvalue weighted by Crippen LogP contribution is 2.22. The molecule has 32 heavy (non-hydrogen) atoms. The molecule has 3 aromatic carbocycles. The van der Waals surface area contributed by atoms with Crippen LogP contribution < -0.4 is 10.6 Å². The lowest BCUT2D eigenvalue weighted by Crippen LogP contribution is -2.17. The van der Waals surface area contributed by atoms with Crippen LogP contribution in [-0.2, 0) is 4.74 Å². The molecule has 0 aliphatic rings. The van der Waals surface area contributed by atoms with Gasteiger partial charge in [-0.3, -0.25) is 14.9 Å². The summed E-state index contributed by atoms with van der Waals surface area (Å²) < 4.78 is 5.38. The lowest BCUT2D eigenvalue weighted by atomic mass is 9.97. The first-order valence-electron chi connectivity index (χ1n) is 9.50. The predicted octanol–water partition coefficient (Wildman–Crippen LogP) is 4.99. The number of carbonyl (C=O) groups excluding carboxylic acids is 3. The molecule has 0 fully saturated rings. The number of amides is 2. The quantitative estimate of drug-likeness (QED) is 0.339. The number of carbonyl (C=O) groups is 3. The van der Waals surface area contributed by atoms with Crippen molar-refractivity contribution in [2.45, 2.75) is 0 Å². The number of methoxy groups -OCH3 is 1. The number of rotatable bonds is 5. The van der Waals surface area contributed by atoms with Crippen molar-refractivity contribution < 1.29 is 19.1 Å². The number of nitrogens with one attached hydrogen (secondary N) is 3. The minimum atomic E-state index is -0.661. The molecule has 0 saturated carbocycles. The molecule has 9 heteroatoms. The second kappa shape index (κ2) is 9.03. The van der Waals surface area contributed by atoms with E-state index in [1.54, 1.807) is 60.7 Å². The van der Waals surface area contributed by atoms with Crippen LogP contribution in [0.2, 0.25) is 0 Å². The van der Waals surface area contributed by atoms with Crippen LogP contribution in [-0.4, -0.2) is 34.9 Å². The minimum absolute atomic E-state index is 0.199. The summed E-state index contributed by atoms with van der Waals surface area (Å²) in [5.41, 5.74) is 2.62. The van der Waals surface area contributed by atoms with Gasteiger partial charge in [-0.05, 0) is 42.5 Å². The maximum absolute atomic E-state index is 13.2. The van der Waals surface area contributed by atoms with Gasteiger partial charge in [0.05, 0.1) is 23.7 Å². The monoisotopic (exact) mass is 492 g/mol. The topological polar surface area (TPSA) is 113 Å². The normalized spacial score (nSPS) is 10.6. The van der Waals surface area contributed by atoms with Gasteiger partial charge in [0.2, 0.25) is 5.95 Å². The molecule has 1 aromatic heterocycles. The Balaban J connectivity index is 1.62. The van der Waals surface area contributed by atoms with Crippen molar-refractivity contribution in [2.24, 2.45) is 0 Å². The summed E-state index contributed by atoms with van der Waals surface area (Å²) in [6.07, 6.45) is -0.661. The lowest BCUT2D eigenvalue weighted by molar-refractivity contribution is 0.0996. The van der Waals surface area contributed by atoms with E-state index in [-0.39, 0.29) is 28.8 Å². The number of benzene rings is 3. The van der Waals surface area contributed by atoms with Gasteiger partial charge in [-0.15, -0.1) is 0 Å². The van der Waals surface area contributed by atoms with Crippen molar-refractivity contribution in [3.63, 3.8) is 0 Å². The molecular weight excluding hydrogens is 476 g/mol. The standard InChI is InChI=1S/C23H17BrN4O4/c1-32-23(31)28-22-26-18-10-9-13(11-19(18)27-22)20(29)16-7-2-3-8-17(16)21(30)25-15-6-4-5-14(24)12-15/h2-12H,1H3,(H,25,30)(H2,26,27,28,31). The number of halogens is 1. The predicted molar refractivity (Wildman–Crippen MR) is 124 cm³/mol. The zero-order chi connectivity index (χ0) is 22.7. The van der Waals surface area contributed by atoms with E-state index in [0.717, 1.165) is 4.47 Å². The molecule has 3 N–H and O–H groups in total. The van der Waals surface area contributed by atoms with Crippen molar-refractivity contribution >= 4 is 56.4 Å². The molecule has 4 aromatic rings. The van der Waals surface area contributed by atoms with Crippen molar-refractivity contribution in [3.05, 3.63) is 87.9 Å². The van der Waals surface area contributed by atoms with Gasteiger partial charge in [-0.25, -0.2) is 9.78 Å². The summed E-state index contributed by atoms with van der Waals surface area (Å²) in [6, 6.07) is 18.7. The highest BCUT2D eigenvalue weighted by atomic mass is 79.9. The maximum atomic E-state index is 13.2. The highest BCUT2D eigenvalue weighted by Gasteiger charge is 2.19. The van der Waals surface area contributed by atoms with Gasteiger partial charge < -0.3 is 15.0 Å². The summed E-state index contributed by atoms with van der Waals surface area (Å²) in [5, 5.41) is 5.26. The Morgan fingerprint density at radius 2 is 1.72 bits per heavy atom. The lowest BCUT2D eigenvalue weighted by Gasteiger charge is -2.10.